The molecule has 1 unspecified atom stereocenters. The van der Waals surface area contributed by atoms with Gasteiger partial charge in [0.25, 0.3) is 0 Å². The summed E-state index contributed by atoms with van der Waals surface area (Å²) in [5.74, 6) is -1.77. The van der Waals surface area contributed by atoms with E-state index in [0.29, 0.717) is 0 Å². The highest BCUT2D eigenvalue weighted by molar-refractivity contribution is 5.90. The summed E-state index contributed by atoms with van der Waals surface area (Å²) in [5, 5.41) is 11.8. The molecule has 1 heterocycles. The van der Waals surface area contributed by atoms with Gasteiger partial charge in [0.1, 0.15) is 11.6 Å². The quantitative estimate of drug-likeness (QED) is 0.630. The van der Waals surface area contributed by atoms with E-state index in [0.717, 1.165) is 0 Å². The van der Waals surface area contributed by atoms with Gasteiger partial charge < -0.3 is 25.8 Å². The number of primary amides is 1. The highest BCUT2D eigenvalue weighted by Gasteiger charge is 2.40. The Hall–Kier alpha value is -1.83. The normalized spacial score (nSPS) is 19.5. The number of carbonyl (C=O) groups is 3. The maximum Gasteiger partial charge on any atom is 0.329 e. The van der Waals surface area contributed by atoms with Crippen molar-refractivity contribution in [1.82, 2.24) is 10.2 Å². The highest BCUT2D eigenvalue weighted by Crippen LogP contribution is 2.17. The lowest BCUT2D eigenvalue weighted by molar-refractivity contribution is -0.144. The number of ether oxygens (including phenoxy) is 1. The van der Waals surface area contributed by atoms with E-state index >= 15 is 0 Å². The van der Waals surface area contributed by atoms with Gasteiger partial charge in [0.05, 0.1) is 13.2 Å². The molecule has 0 aliphatic carbocycles. The van der Waals surface area contributed by atoms with Crippen LogP contribution in [-0.2, 0) is 14.3 Å². The van der Waals surface area contributed by atoms with E-state index in [1.807, 2.05) is 0 Å². The Morgan fingerprint density at radius 3 is 2.45 bits per heavy atom. The van der Waals surface area contributed by atoms with Crippen LogP contribution in [0.3, 0.4) is 0 Å². The van der Waals surface area contributed by atoms with Gasteiger partial charge in [-0.2, -0.15) is 0 Å². The molecule has 1 rings (SSSR count). The summed E-state index contributed by atoms with van der Waals surface area (Å²) in [6.45, 7) is 3.88. The molecule has 20 heavy (non-hydrogen) atoms. The van der Waals surface area contributed by atoms with Crippen molar-refractivity contribution in [3.63, 3.8) is 0 Å². The number of hydrogen-bond acceptors (Lipinski definition) is 4. The first-order valence-electron chi connectivity index (χ1n) is 6.57. The van der Waals surface area contributed by atoms with Crippen LogP contribution in [0, 0.1) is 0 Å². The Kier molecular flexibility index (Phi) is 5.32. The molecule has 1 atom stereocenters. The van der Waals surface area contributed by atoms with Crippen molar-refractivity contribution in [2.24, 2.45) is 5.73 Å². The van der Waals surface area contributed by atoms with Crippen molar-refractivity contribution in [3.8, 4) is 0 Å². The Bertz CT molecular complexity index is 395. The van der Waals surface area contributed by atoms with Gasteiger partial charge in [-0.1, -0.05) is 13.8 Å². The van der Waals surface area contributed by atoms with Crippen LogP contribution in [0.1, 0.15) is 26.7 Å². The third-order valence-electron chi connectivity index (χ3n) is 3.68. The van der Waals surface area contributed by atoms with Crippen LogP contribution in [0.5, 0.6) is 0 Å². The maximum atomic E-state index is 12.2. The number of carbonyl (C=O) groups excluding carboxylic acids is 2. The minimum absolute atomic E-state index is 0.0288. The minimum atomic E-state index is -1.34. The summed E-state index contributed by atoms with van der Waals surface area (Å²) < 4.78 is 5.12. The first-order chi connectivity index (χ1) is 9.38. The predicted octanol–water partition coefficient (Wildman–Crippen LogP) is -0.474. The molecule has 0 aromatic rings. The molecule has 3 amide bonds. The summed E-state index contributed by atoms with van der Waals surface area (Å²) in [6, 6.07) is -1.48. The third-order valence-corrected chi connectivity index (χ3v) is 3.68. The lowest BCUT2D eigenvalue weighted by Gasteiger charge is -2.37. The smallest absolute Gasteiger partial charge is 0.329 e. The zero-order valence-electron chi connectivity index (χ0n) is 11.7. The third kappa shape index (κ3) is 3.19. The molecule has 8 heteroatoms. The van der Waals surface area contributed by atoms with Crippen molar-refractivity contribution in [2.45, 2.75) is 38.3 Å². The Morgan fingerprint density at radius 2 is 2.00 bits per heavy atom. The van der Waals surface area contributed by atoms with E-state index in [4.69, 9.17) is 10.5 Å². The number of urea groups is 1. The fraction of sp³-hybridized carbons (Fsp3) is 0.750. The van der Waals surface area contributed by atoms with Crippen molar-refractivity contribution in [2.75, 3.05) is 19.8 Å². The molecule has 1 saturated heterocycles. The van der Waals surface area contributed by atoms with Crippen molar-refractivity contribution < 1.29 is 24.2 Å². The number of nitrogens with one attached hydrogen (secondary N) is 1. The van der Waals surface area contributed by atoms with Gasteiger partial charge in [0.2, 0.25) is 5.91 Å². The first kappa shape index (κ1) is 16.2. The average molecular weight is 287 g/mol. The largest absolute Gasteiger partial charge is 0.480 e. The lowest BCUT2D eigenvalue weighted by Crippen LogP contribution is -2.63. The number of amides is 3. The molecule has 114 valence electrons. The van der Waals surface area contributed by atoms with Crippen molar-refractivity contribution in [1.29, 1.82) is 0 Å². The van der Waals surface area contributed by atoms with Gasteiger partial charge >= 0.3 is 12.0 Å². The molecular weight excluding hydrogens is 266 g/mol. The van der Waals surface area contributed by atoms with Gasteiger partial charge in [-0.25, -0.2) is 9.59 Å². The van der Waals surface area contributed by atoms with Crippen LogP contribution in [0.25, 0.3) is 0 Å². The molecule has 0 aromatic heterocycles. The van der Waals surface area contributed by atoms with Gasteiger partial charge in [-0.05, 0) is 12.8 Å². The molecule has 0 bridgehead atoms. The molecule has 1 fully saturated rings. The molecule has 0 aromatic carbocycles. The molecule has 0 saturated carbocycles. The minimum Gasteiger partial charge on any atom is -0.480 e. The van der Waals surface area contributed by atoms with E-state index in [1.54, 1.807) is 13.8 Å². The second-order valence-corrected chi connectivity index (χ2v) is 4.71. The zero-order chi connectivity index (χ0) is 15.3. The molecule has 0 radical (unpaired) electrons. The predicted molar refractivity (Wildman–Crippen MR) is 70.0 cm³/mol. The van der Waals surface area contributed by atoms with Gasteiger partial charge in [-0.3, -0.25) is 4.79 Å². The molecule has 0 spiro atoms. The summed E-state index contributed by atoms with van der Waals surface area (Å²) in [6.07, 6.45) is 0.492. The summed E-state index contributed by atoms with van der Waals surface area (Å²) >= 11 is 0. The SMILES string of the molecule is CCC(CC)(NC(=O)N1CCOCC1C(N)=O)C(=O)O. The average Bonchev–Trinajstić information content (AvgIpc) is 2.44. The van der Waals surface area contributed by atoms with Gasteiger partial charge in [-0.15, -0.1) is 0 Å². The van der Waals surface area contributed by atoms with E-state index in [9.17, 15) is 19.5 Å². The van der Waals surface area contributed by atoms with Crippen LogP contribution in [-0.4, -0.2) is 59.3 Å². The van der Waals surface area contributed by atoms with Gasteiger partial charge in [0.15, 0.2) is 0 Å². The number of rotatable bonds is 5. The number of aliphatic carboxylic acids is 1. The maximum absolute atomic E-state index is 12.2. The fourth-order valence-corrected chi connectivity index (χ4v) is 2.14. The Balaban J connectivity index is 2.87. The van der Waals surface area contributed by atoms with Gasteiger partial charge in [0, 0.05) is 6.54 Å². The molecule has 4 N–H and O–H groups in total. The summed E-state index contributed by atoms with van der Waals surface area (Å²) in [4.78, 5) is 36.1. The highest BCUT2D eigenvalue weighted by atomic mass is 16.5. The second-order valence-electron chi connectivity index (χ2n) is 4.71. The summed E-state index contributed by atoms with van der Waals surface area (Å²) in [5.41, 5.74) is 3.89. The number of carboxylic acid groups (broad SMARTS) is 1. The van der Waals surface area contributed by atoms with Crippen LogP contribution < -0.4 is 11.1 Å². The number of morpholine rings is 1. The topological polar surface area (TPSA) is 122 Å². The number of nitrogens with zero attached hydrogens (tertiary/aromatic N) is 1. The second kappa shape index (κ2) is 6.56. The molecule has 1 aliphatic heterocycles. The van der Waals surface area contributed by atoms with Crippen molar-refractivity contribution >= 4 is 17.9 Å². The monoisotopic (exact) mass is 287 g/mol. The van der Waals surface area contributed by atoms with E-state index in [1.165, 1.54) is 4.90 Å². The van der Waals surface area contributed by atoms with Crippen LogP contribution >= 0.6 is 0 Å². The van der Waals surface area contributed by atoms with E-state index < -0.39 is 29.5 Å². The van der Waals surface area contributed by atoms with Crippen molar-refractivity contribution in [3.05, 3.63) is 0 Å². The van der Waals surface area contributed by atoms with E-state index in [2.05, 4.69) is 5.32 Å². The molecule has 8 nitrogen and oxygen atoms in total. The molecule has 1 aliphatic rings. The number of hydrogen-bond donors (Lipinski definition) is 3. The Labute approximate surface area is 117 Å². The number of carboxylic acids is 1. The fourth-order valence-electron chi connectivity index (χ4n) is 2.14. The van der Waals surface area contributed by atoms with E-state index in [-0.39, 0.29) is 32.6 Å². The van der Waals surface area contributed by atoms with Crippen LogP contribution in [0.15, 0.2) is 0 Å². The first-order valence-corrected chi connectivity index (χ1v) is 6.57. The zero-order valence-corrected chi connectivity index (χ0v) is 11.7. The van der Waals surface area contributed by atoms with Crippen LogP contribution in [0.2, 0.25) is 0 Å². The standard InChI is InChI=1S/C12H21N3O5/c1-3-12(4-2,10(17)18)14-11(19)15-5-6-20-7-8(15)9(13)16/h8H,3-7H2,1-2H3,(H2,13,16)(H,14,19)(H,17,18). The summed E-state index contributed by atoms with van der Waals surface area (Å²) in [7, 11) is 0. The lowest BCUT2D eigenvalue weighted by atomic mass is 9.93. The Morgan fingerprint density at radius 1 is 1.40 bits per heavy atom. The number of nitrogens with two attached hydrogens (primary N) is 1. The van der Waals surface area contributed by atoms with Crippen LogP contribution in [0.4, 0.5) is 4.79 Å². The molecular formula is C12H21N3O5.